The Morgan fingerprint density at radius 1 is 1.11 bits per heavy atom. The molecule has 9 heteroatoms. The van der Waals surface area contributed by atoms with E-state index >= 15 is 0 Å². The van der Waals surface area contributed by atoms with E-state index in [9.17, 15) is 21.6 Å². The van der Waals surface area contributed by atoms with E-state index in [0.717, 1.165) is 0 Å². The van der Waals surface area contributed by atoms with Crippen molar-refractivity contribution in [3.8, 4) is 0 Å². The first-order valence-electron chi connectivity index (χ1n) is 6.21. The zero-order valence-corrected chi connectivity index (χ0v) is 11.5. The number of piperazine rings is 1. The molecule has 5 nitrogen and oxygen atoms in total. The van der Waals surface area contributed by atoms with E-state index in [-0.39, 0.29) is 6.42 Å². The van der Waals surface area contributed by atoms with Crippen molar-refractivity contribution in [2.45, 2.75) is 19.0 Å². The molecule has 0 atom stereocenters. The third kappa shape index (κ3) is 6.07. The number of rotatable bonds is 6. The van der Waals surface area contributed by atoms with Crippen molar-refractivity contribution in [3.63, 3.8) is 0 Å². The van der Waals surface area contributed by atoms with Crippen LogP contribution in [0.2, 0.25) is 0 Å². The van der Waals surface area contributed by atoms with Crippen LogP contribution in [0.25, 0.3) is 0 Å². The Morgan fingerprint density at radius 2 is 1.68 bits per heavy atom. The first-order chi connectivity index (χ1) is 8.74. The molecule has 1 fully saturated rings. The predicted molar refractivity (Wildman–Crippen MR) is 66.1 cm³/mol. The zero-order valence-electron chi connectivity index (χ0n) is 10.7. The van der Waals surface area contributed by atoms with Gasteiger partial charge in [-0.25, -0.2) is 8.42 Å². The van der Waals surface area contributed by atoms with E-state index in [2.05, 4.69) is 0 Å². The molecule has 0 aliphatic carbocycles. The lowest BCUT2D eigenvalue weighted by atomic mass is 10.3. The molecule has 1 aliphatic heterocycles. The molecule has 2 N–H and O–H groups in total. The van der Waals surface area contributed by atoms with Crippen LogP contribution in [-0.4, -0.2) is 68.8 Å². The van der Waals surface area contributed by atoms with E-state index in [0.29, 0.717) is 39.3 Å². The predicted octanol–water partition coefficient (Wildman–Crippen LogP) is 0.235. The number of nitrogens with zero attached hydrogens (tertiary/aromatic N) is 2. The molecule has 0 aromatic carbocycles. The van der Waals surface area contributed by atoms with E-state index in [4.69, 9.17) is 5.73 Å². The van der Waals surface area contributed by atoms with E-state index in [1.807, 2.05) is 4.90 Å². The normalized spacial score (nSPS) is 19.8. The summed E-state index contributed by atoms with van der Waals surface area (Å²) in [5, 5.41) is 0. The lowest BCUT2D eigenvalue weighted by molar-refractivity contribution is -0.134. The van der Waals surface area contributed by atoms with Gasteiger partial charge in [0.05, 0.1) is 5.75 Å². The molecule has 1 aliphatic rings. The van der Waals surface area contributed by atoms with Gasteiger partial charge in [-0.2, -0.15) is 17.5 Å². The van der Waals surface area contributed by atoms with Crippen LogP contribution in [-0.2, 0) is 10.0 Å². The highest BCUT2D eigenvalue weighted by Gasteiger charge is 2.30. The number of alkyl halides is 3. The number of sulfonamides is 1. The van der Waals surface area contributed by atoms with Crippen LogP contribution < -0.4 is 5.73 Å². The average Bonchev–Trinajstić information content (AvgIpc) is 2.28. The second kappa shape index (κ2) is 6.87. The maximum absolute atomic E-state index is 12.0. The molecule has 19 heavy (non-hydrogen) atoms. The fourth-order valence-electron chi connectivity index (χ4n) is 2.00. The minimum absolute atomic E-state index is 0.328. The zero-order chi connectivity index (χ0) is 14.5. The molecule has 0 amide bonds. The van der Waals surface area contributed by atoms with Crippen LogP contribution in [0.1, 0.15) is 12.8 Å². The van der Waals surface area contributed by atoms with Gasteiger partial charge in [0.2, 0.25) is 10.0 Å². The number of nitrogens with two attached hydrogens (primary N) is 1. The van der Waals surface area contributed by atoms with Crippen molar-refractivity contribution in [2.75, 3.05) is 45.0 Å². The molecule has 0 unspecified atom stereocenters. The summed E-state index contributed by atoms with van der Waals surface area (Å²) in [6, 6.07) is 0. The molecule has 1 rings (SSSR count). The minimum atomic E-state index is -4.30. The molecule has 0 aromatic heterocycles. The summed E-state index contributed by atoms with van der Waals surface area (Å²) in [5.41, 5.74) is 5.41. The van der Waals surface area contributed by atoms with Crippen LogP contribution >= 0.6 is 0 Å². The van der Waals surface area contributed by atoms with Crippen LogP contribution in [0.5, 0.6) is 0 Å². The summed E-state index contributed by atoms with van der Waals surface area (Å²) in [7, 11) is -3.57. The van der Waals surface area contributed by atoms with Gasteiger partial charge in [0.25, 0.3) is 0 Å². The summed E-state index contributed by atoms with van der Waals surface area (Å²) in [6.45, 7) is 3.04. The fourth-order valence-corrected chi connectivity index (χ4v) is 3.48. The standard InChI is InChI=1S/C10H20F3N3O2S/c11-10(12,13)2-1-9-19(17,18)16-7-5-15(4-3-14)6-8-16/h1-9,14H2. The van der Waals surface area contributed by atoms with Gasteiger partial charge in [0.15, 0.2) is 0 Å². The molecular weight excluding hydrogens is 283 g/mol. The van der Waals surface area contributed by atoms with Gasteiger partial charge in [-0.15, -0.1) is 0 Å². The first-order valence-corrected chi connectivity index (χ1v) is 7.82. The van der Waals surface area contributed by atoms with Crippen molar-refractivity contribution in [1.82, 2.24) is 9.21 Å². The van der Waals surface area contributed by atoms with Gasteiger partial charge >= 0.3 is 6.18 Å². The largest absolute Gasteiger partial charge is 0.389 e. The van der Waals surface area contributed by atoms with E-state index in [1.54, 1.807) is 0 Å². The number of hydrogen-bond acceptors (Lipinski definition) is 4. The highest BCUT2D eigenvalue weighted by Crippen LogP contribution is 2.22. The Bertz CT molecular complexity index is 365. The van der Waals surface area contributed by atoms with Gasteiger partial charge in [-0.3, -0.25) is 4.90 Å². The molecule has 0 saturated carbocycles. The minimum Gasteiger partial charge on any atom is -0.329 e. The highest BCUT2D eigenvalue weighted by molar-refractivity contribution is 7.89. The fraction of sp³-hybridized carbons (Fsp3) is 1.00. The number of halogens is 3. The smallest absolute Gasteiger partial charge is 0.329 e. The summed E-state index contributed by atoms with van der Waals surface area (Å²) < 4.78 is 60.9. The highest BCUT2D eigenvalue weighted by atomic mass is 32.2. The molecule has 0 spiro atoms. The van der Waals surface area contributed by atoms with E-state index < -0.39 is 28.4 Å². The van der Waals surface area contributed by atoms with Crippen LogP contribution in [0.3, 0.4) is 0 Å². The third-order valence-electron chi connectivity index (χ3n) is 3.03. The molecule has 1 saturated heterocycles. The topological polar surface area (TPSA) is 66.6 Å². The maximum Gasteiger partial charge on any atom is 0.389 e. The van der Waals surface area contributed by atoms with Crippen molar-refractivity contribution in [3.05, 3.63) is 0 Å². The molecule has 0 bridgehead atoms. The Balaban J connectivity index is 2.38. The molecule has 0 aromatic rings. The van der Waals surface area contributed by atoms with Gasteiger partial charge in [0.1, 0.15) is 0 Å². The first kappa shape index (κ1) is 16.7. The lowest BCUT2D eigenvalue weighted by Crippen LogP contribution is -2.50. The molecular formula is C10H20F3N3O2S. The summed E-state index contributed by atoms with van der Waals surface area (Å²) in [4.78, 5) is 2.04. The van der Waals surface area contributed by atoms with Crippen molar-refractivity contribution >= 4 is 10.0 Å². The van der Waals surface area contributed by atoms with Gasteiger partial charge in [-0.05, 0) is 6.42 Å². The molecule has 0 radical (unpaired) electrons. The summed E-state index contributed by atoms with van der Waals surface area (Å²) in [6.07, 6.45) is -5.73. The Labute approximate surface area is 111 Å². The Hall–Kier alpha value is -0.380. The monoisotopic (exact) mass is 303 g/mol. The molecule has 114 valence electrons. The maximum atomic E-state index is 12.0. The van der Waals surface area contributed by atoms with Crippen LogP contribution in [0, 0.1) is 0 Å². The molecule has 1 heterocycles. The SMILES string of the molecule is NCCN1CCN(S(=O)(=O)CCCC(F)(F)F)CC1. The van der Waals surface area contributed by atoms with Gasteiger partial charge in [-0.1, -0.05) is 0 Å². The lowest BCUT2D eigenvalue weighted by Gasteiger charge is -2.33. The van der Waals surface area contributed by atoms with E-state index in [1.165, 1.54) is 4.31 Å². The average molecular weight is 303 g/mol. The van der Waals surface area contributed by atoms with Gasteiger partial charge in [0, 0.05) is 45.7 Å². The summed E-state index contributed by atoms with van der Waals surface area (Å²) >= 11 is 0. The summed E-state index contributed by atoms with van der Waals surface area (Å²) in [5.74, 6) is -0.441. The second-order valence-electron chi connectivity index (χ2n) is 4.56. The van der Waals surface area contributed by atoms with Crippen molar-refractivity contribution in [2.24, 2.45) is 5.73 Å². The van der Waals surface area contributed by atoms with Crippen molar-refractivity contribution < 1.29 is 21.6 Å². The van der Waals surface area contributed by atoms with Crippen molar-refractivity contribution in [1.29, 1.82) is 0 Å². The Kier molecular flexibility index (Phi) is 6.03. The Morgan fingerprint density at radius 3 is 2.16 bits per heavy atom. The quantitative estimate of drug-likeness (QED) is 0.763. The third-order valence-corrected chi connectivity index (χ3v) is 4.99. The van der Waals surface area contributed by atoms with Gasteiger partial charge < -0.3 is 5.73 Å². The number of hydrogen-bond donors (Lipinski definition) is 1. The van der Waals surface area contributed by atoms with Crippen LogP contribution in [0.4, 0.5) is 13.2 Å². The second-order valence-corrected chi connectivity index (χ2v) is 6.65. The van der Waals surface area contributed by atoms with Crippen LogP contribution in [0.15, 0.2) is 0 Å².